The summed E-state index contributed by atoms with van der Waals surface area (Å²) in [5.41, 5.74) is 1.02. The maximum Gasteiger partial charge on any atom is 0.191 e. The van der Waals surface area contributed by atoms with E-state index in [0.29, 0.717) is 17.6 Å². The van der Waals surface area contributed by atoms with Gasteiger partial charge in [0.25, 0.3) is 0 Å². The Morgan fingerprint density at radius 3 is 2.81 bits per heavy atom. The van der Waals surface area contributed by atoms with Crippen LogP contribution in [0.15, 0.2) is 35.3 Å². The highest BCUT2D eigenvalue weighted by Gasteiger charge is 2.11. The predicted molar refractivity (Wildman–Crippen MR) is 88.1 cm³/mol. The minimum absolute atomic E-state index is 0.440. The fraction of sp³-hybridized carbons (Fsp3) is 0.438. The third-order valence-corrected chi connectivity index (χ3v) is 3.58. The van der Waals surface area contributed by atoms with Crippen molar-refractivity contribution in [2.45, 2.75) is 32.4 Å². The molecule has 2 N–H and O–H groups in total. The number of nitrogens with zero attached hydrogens (tertiary/aromatic N) is 1. The van der Waals surface area contributed by atoms with Crippen molar-refractivity contribution in [3.63, 3.8) is 0 Å². The maximum atomic E-state index is 5.97. The summed E-state index contributed by atoms with van der Waals surface area (Å²) >= 11 is 5.97. The van der Waals surface area contributed by atoms with Gasteiger partial charge in [-0.3, -0.25) is 0 Å². The number of guanidine groups is 1. The van der Waals surface area contributed by atoms with Crippen molar-refractivity contribution >= 4 is 17.6 Å². The van der Waals surface area contributed by atoms with Gasteiger partial charge in [0.1, 0.15) is 5.75 Å². The van der Waals surface area contributed by atoms with E-state index in [2.05, 4.69) is 34.7 Å². The van der Waals surface area contributed by atoms with Gasteiger partial charge in [0, 0.05) is 23.2 Å². The Morgan fingerprint density at radius 1 is 1.38 bits per heavy atom. The number of benzene rings is 1. The molecule has 1 aromatic rings. The molecule has 0 aliphatic heterocycles. The van der Waals surface area contributed by atoms with E-state index in [9.17, 15) is 0 Å². The van der Waals surface area contributed by atoms with Crippen LogP contribution in [0, 0.1) is 0 Å². The molecule has 114 valence electrons. The first-order valence-corrected chi connectivity index (χ1v) is 7.63. The van der Waals surface area contributed by atoms with Crippen molar-refractivity contribution in [3.8, 4) is 5.75 Å². The van der Waals surface area contributed by atoms with Gasteiger partial charge in [-0.1, -0.05) is 29.8 Å². The molecule has 2 rings (SSSR count). The van der Waals surface area contributed by atoms with Gasteiger partial charge < -0.3 is 15.4 Å². The quantitative estimate of drug-likeness (QED) is 0.499. The molecule has 0 radical (unpaired) electrons. The first kappa shape index (κ1) is 15.7. The van der Waals surface area contributed by atoms with Crippen molar-refractivity contribution in [1.29, 1.82) is 0 Å². The SMILES string of the molecule is CCNC(=NCc1ccc(Cl)cc1OC)NC1CC=CC1. The van der Waals surface area contributed by atoms with Gasteiger partial charge in [0.15, 0.2) is 5.96 Å². The van der Waals surface area contributed by atoms with E-state index in [-0.39, 0.29) is 0 Å². The van der Waals surface area contributed by atoms with E-state index in [1.165, 1.54) is 0 Å². The van der Waals surface area contributed by atoms with Gasteiger partial charge in [-0.2, -0.15) is 0 Å². The number of hydrogen-bond donors (Lipinski definition) is 2. The number of rotatable bonds is 5. The Hall–Kier alpha value is -1.68. The van der Waals surface area contributed by atoms with E-state index in [0.717, 1.165) is 36.7 Å². The first-order chi connectivity index (χ1) is 10.2. The zero-order chi connectivity index (χ0) is 15.1. The summed E-state index contributed by atoms with van der Waals surface area (Å²) < 4.78 is 5.35. The first-order valence-electron chi connectivity index (χ1n) is 7.25. The van der Waals surface area contributed by atoms with Crippen LogP contribution in [0.5, 0.6) is 5.75 Å². The maximum absolute atomic E-state index is 5.97. The zero-order valence-electron chi connectivity index (χ0n) is 12.5. The third kappa shape index (κ3) is 4.67. The second-order valence-electron chi connectivity index (χ2n) is 4.94. The second kappa shape index (κ2) is 7.93. The molecule has 0 atom stereocenters. The molecule has 0 saturated carbocycles. The number of halogens is 1. The van der Waals surface area contributed by atoms with Crippen molar-refractivity contribution in [2.24, 2.45) is 4.99 Å². The van der Waals surface area contributed by atoms with E-state index in [1.807, 2.05) is 18.2 Å². The van der Waals surface area contributed by atoms with Crippen molar-refractivity contribution in [2.75, 3.05) is 13.7 Å². The summed E-state index contributed by atoms with van der Waals surface area (Å²) in [6.07, 6.45) is 6.50. The predicted octanol–water partition coefficient (Wildman–Crippen LogP) is 3.12. The topological polar surface area (TPSA) is 45.7 Å². The van der Waals surface area contributed by atoms with Crippen LogP contribution in [0.3, 0.4) is 0 Å². The van der Waals surface area contributed by atoms with Crippen LogP contribution in [0.1, 0.15) is 25.3 Å². The highest BCUT2D eigenvalue weighted by molar-refractivity contribution is 6.30. The molecule has 0 unspecified atom stereocenters. The lowest BCUT2D eigenvalue weighted by Crippen LogP contribution is -2.42. The van der Waals surface area contributed by atoms with E-state index < -0.39 is 0 Å². The van der Waals surface area contributed by atoms with Gasteiger partial charge in [-0.15, -0.1) is 0 Å². The molecular formula is C16H22ClN3O. The van der Waals surface area contributed by atoms with Crippen LogP contribution in [0.4, 0.5) is 0 Å². The Kier molecular flexibility index (Phi) is 5.93. The Bertz CT molecular complexity index is 520. The van der Waals surface area contributed by atoms with E-state index in [1.54, 1.807) is 7.11 Å². The number of methoxy groups -OCH3 is 1. The second-order valence-corrected chi connectivity index (χ2v) is 5.37. The summed E-state index contributed by atoms with van der Waals surface area (Å²) in [7, 11) is 1.65. The average Bonchev–Trinajstić information content (AvgIpc) is 2.98. The lowest BCUT2D eigenvalue weighted by Gasteiger charge is -2.17. The highest BCUT2D eigenvalue weighted by atomic mass is 35.5. The fourth-order valence-corrected chi connectivity index (χ4v) is 2.42. The zero-order valence-corrected chi connectivity index (χ0v) is 13.3. The largest absolute Gasteiger partial charge is 0.496 e. The van der Waals surface area contributed by atoms with Gasteiger partial charge in [0.2, 0.25) is 0 Å². The molecule has 5 heteroatoms. The van der Waals surface area contributed by atoms with Crippen LogP contribution in [-0.4, -0.2) is 25.7 Å². The number of hydrogen-bond acceptors (Lipinski definition) is 2. The minimum Gasteiger partial charge on any atom is -0.496 e. The van der Waals surface area contributed by atoms with Crippen LogP contribution >= 0.6 is 11.6 Å². The minimum atomic E-state index is 0.440. The molecule has 0 aromatic heterocycles. The Morgan fingerprint density at radius 2 is 2.14 bits per heavy atom. The van der Waals surface area contributed by atoms with Crippen LogP contribution < -0.4 is 15.4 Å². The monoisotopic (exact) mass is 307 g/mol. The van der Waals surface area contributed by atoms with Crippen LogP contribution in [0.25, 0.3) is 0 Å². The lowest BCUT2D eigenvalue weighted by atomic mass is 10.2. The molecular weight excluding hydrogens is 286 g/mol. The van der Waals surface area contributed by atoms with Crippen molar-refractivity contribution < 1.29 is 4.74 Å². The number of ether oxygens (including phenoxy) is 1. The summed E-state index contributed by atoms with van der Waals surface area (Å²) in [5.74, 6) is 1.60. The van der Waals surface area contributed by atoms with E-state index in [4.69, 9.17) is 16.3 Å². The molecule has 0 spiro atoms. The lowest BCUT2D eigenvalue weighted by molar-refractivity contribution is 0.410. The van der Waals surface area contributed by atoms with Crippen LogP contribution in [-0.2, 0) is 6.54 Å². The summed E-state index contributed by atoms with van der Waals surface area (Å²) in [4.78, 5) is 4.63. The molecule has 0 fully saturated rings. The Labute approximate surface area is 131 Å². The summed E-state index contributed by atoms with van der Waals surface area (Å²) in [5, 5.41) is 7.39. The number of aliphatic imine (C=N–C) groups is 1. The smallest absolute Gasteiger partial charge is 0.191 e. The molecule has 0 amide bonds. The standard InChI is InChI=1S/C16H22ClN3O/c1-3-18-16(20-14-6-4-5-7-14)19-11-12-8-9-13(17)10-15(12)21-2/h4-5,8-10,14H,3,6-7,11H2,1-2H3,(H2,18,19,20). The van der Waals surface area contributed by atoms with Crippen molar-refractivity contribution in [1.82, 2.24) is 10.6 Å². The Balaban J connectivity index is 2.04. The molecule has 0 bridgehead atoms. The average molecular weight is 308 g/mol. The molecule has 0 saturated heterocycles. The molecule has 4 nitrogen and oxygen atoms in total. The molecule has 1 aliphatic rings. The summed E-state index contributed by atoms with van der Waals surface area (Å²) in [6, 6.07) is 6.06. The molecule has 0 heterocycles. The highest BCUT2D eigenvalue weighted by Crippen LogP contribution is 2.23. The third-order valence-electron chi connectivity index (χ3n) is 3.35. The van der Waals surface area contributed by atoms with E-state index >= 15 is 0 Å². The molecule has 1 aromatic carbocycles. The normalized spacial score (nSPS) is 15.3. The van der Waals surface area contributed by atoms with Gasteiger partial charge in [-0.25, -0.2) is 4.99 Å². The molecule has 21 heavy (non-hydrogen) atoms. The number of nitrogens with one attached hydrogen (secondary N) is 2. The molecule has 1 aliphatic carbocycles. The van der Waals surface area contributed by atoms with Gasteiger partial charge >= 0.3 is 0 Å². The van der Waals surface area contributed by atoms with Crippen LogP contribution in [0.2, 0.25) is 5.02 Å². The van der Waals surface area contributed by atoms with Gasteiger partial charge in [-0.05, 0) is 31.9 Å². The summed E-state index contributed by atoms with van der Waals surface area (Å²) in [6.45, 7) is 3.45. The van der Waals surface area contributed by atoms with Gasteiger partial charge in [0.05, 0.1) is 13.7 Å². The fourth-order valence-electron chi connectivity index (χ4n) is 2.26. The van der Waals surface area contributed by atoms with Crippen molar-refractivity contribution in [3.05, 3.63) is 40.9 Å².